The first-order chi connectivity index (χ1) is 10.8. The molecular formula is C15H16FN3O4. The van der Waals surface area contributed by atoms with Crippen LogP contribution in [0, 0.1) is 5.82 Å². The molecule has 0 aliphatic carbocycles. The average molecular weight is 321 g/mol. The lowest BCUT2D eigenvalue weighted by Gasteiger charge is -2.14. The molecule has 1 aliphatic heterocycles. The molecule has 0 radical (unpaired) electrons. The van der Waals surface area contributed by atoms with Crippen molar-refractivity contribution in [1.29, 1.82) is 0 Å². The number of hydrogen-bond acceptors (Lipinski definition) is 4. The quantitative estimate of drug-likeness (QED) is 0.524. The summed E-state index contributed by atoms with van der Waals surface area (Å²) in [6.07, 6.45) is -0.159. The summed E-state index contributed by atoms with van der Waals surface area (Å²) in [5.74, 6) is -1.67. The zero-order valence-corrected chi connectivity index (χ0v) is 12.4. The van der Waals surface area contributed by atoms with Crippen LogP contribution in [0.1, 0.15) is 30.1 Å². The fourth-order valence-electron chi connectivity index (χ4n) is 2.20. The summed E-state index contributed by atoms with van der Waals surface area (Å²) in [6, 6.07) is 3.15. The van der Waals surface area contributed by atoms with Gasteiger partial charge >= 0.3 is 6.03 Å². The molecule has 7 nitrogen and oxygen atoms in total. The van der Waals surface area contributed by atoms with Gasteiger partial charge in [0.2, 0.25) is 5.91 Å². The Morgan fingerprint density at radius 1 is 1.26 bits per heavy atom. The highest BCUT2D eigenvalue weighted by molar-refractivity contribution is 6.05. The lowest BCUT2D eigenvalue weighted by molar-refractivity contribution is -0.126. The molecule has 0 bridgehead atoms. The molecule has 1 unspecified atom stereocenters. The molecule has 0 saturated carbocycles. The predicted octanol–water partition coefficient (Wildman–Crippen LogP) is 0.501. The van der Waals surface area contributed by atoms with Crippen LogP contribution >= 0.6 is 0 Å². The van der Waals surface area contributed by atoms with Crippen molar-refractivity contribution in [2.45, 2.75) is 31.8 Å². The van der Waals surface area contributed by atoms with E-state index < -0.39 is 35.7 Å². The van der Waals surface area contributed by atoms with E-state index in [9.17, 15) is 23.6 Å². The molecule has 4 amide bonds. The molecule has 122 valence electrons. The third kappa shape index (κ3) is 4.60. The van der Waals surface area contributed by atoms with Crippen molar-refractivity contribution in [3.63, 3.8) is 0 Å². The van der Waals surface area contributed by atoms with Crippen molar-refractivity contribution in [3.05, 3.63) is 35.6 Å². The third-order valence-corrected chi connectivity index (χ3v) is 3.31. The van der Waals surface area contributed by atoms with Crippen LogP contribution in [0.3, 0.4) is 0 Å². The second kappa shape index (κ2) is 6.99. The van der Waals surface area contributed by atoms with Gasteiger partial charge in [-0.2, -0.15) is 0 Å². The maximum atomic E-state index is 12.8. The Hall–Kier alpha value is -2.77. The van der Waals surface area contributed by atoms with Crippen LogP contribution in [0.2, 0.25) is 0 Å². The number of urea groups is 1. The van der Waals surface area contributed by atoms with E-state index in [2.05, 4.69) is 10.6 Å². The van der Waals surface area contributed by atoms with Crippen LogP contribution in [-0.2, 0) is 9.59 Å². The predicted molar refractivity (Wildman–Crippen MR) is 78.0 cm³/mol. The summed E-state index contributed by atoms with van der Waals surface area (Å²) in [5.41, 5.74) is 0.356. The first kappa shape index (κ1) is 16.6. The highest BCUT2D eigenvalue weighted by Gasteiger charge is 2.31. The minimum Gasteiger partial charge on any atom is -0.353 e. The number of Topliss-reactive ketones (excluding diaryl/α,β-unsaturated/α-hetero) is 1. The molecule has 1 saturated heterocycles. The van der Waals surface area contributed by atoms with Crippen molar-refractivity contribution >= 4 is 23.6 Å². The maximum Gasteiger partial charge on any atom is 0.322 e. The highest BCUT2D eigenvalue weighted by atomic mass is 19.1. The summed E-state index contributed by atoms with van der Waals surface area (Å²) in [5, 5.41) is 6.94. The zero-order chi connectivity index (χ0) is 17.0. The first-order valence-electron chi connectivity index (χ1n) is 7.04. The van der Waals surface area contributed by atoms with E-state index in [4.69, 9.17) is 0 Å². The van der Waals surface area contributed by atoms with E-state index in [1.165, 1.54) is 24.3 Å². The molecule has 1 heterocycles. The number of amides is 4. The summed E-state index contributed by atoms with van der Waals surface area (Å²) in [6.45, 7) is 1.65. The van der Waals surface area contributed by atoms with Crippen LogP contribution in [0.15, 0.2) is 24.3 Å². The fraction of sp³-hybridized carbons (Fsp3) is 0.333. The Morgan fingerprint density at radius 3 is 2.48 bits per heavy atom. The molecule has 0 spiro atoms. The standard InChI is InChI=1S/C15H16FN3O4/c1-8(6-12(20)9-2-4-10(16)5-3-9)17-13(21)7-11-14(22)19-15(23)18-11/h2-5,8,11H,6-7H2,1H3,(H,17,21)(H2,18,19,22,23)/t8?,11-/m0/s1. The number of ketones is 1. The van der Waals surface area contributed by atoms with Gasteiger partial charge in [-0.1, -0.05) is 0 Å². The second-order valence-corrected chi connectivity index (χ2v) is 5.32. The molecule has 3 N–H and O–H groups in total. The van der Waals surface area contributed by atoms with Gasteiger partial charge < -0.3 is 10.6 Å². The lowest BCUT2D eigenvalue weighted by atomic mass is 10.0. The topological polar surface area (TPSA) is 104 Å². The Kier molecular flexibility index (Phi) is 5.05. The van der Waals surface area contributed by atoms with Crippen molar-refractivity contribution in [1.82, 2.24) is 16.0 Å². The second-order valence-electron chi connectivity index (χ2n) is 5.32. The Bertz CT molecular complexity index is 645. The van der Waals surface area contributed by atoms with Gasteiger partial charge in [-0.05, 0) is 31.2 Å². The van der Waals surface area contributed by atoms with E-state index in [-0.39, 0.29) is 18.6 Å². The van der Waals surface area contributed by atoms with Gasteiger partial charge in [0.15, 0.2) is 5.78 Å². The van der Waals surface area contributed by atoms with Crippen LogP contribution in [0.4, 0.5) is 9.18 Å². The Balaban J connectivity index is 1.82. The van der Waals surface area contributed by atoms with Crippen molar-refractivity contribution < 1.29 is 23.6 Å². The normalized spacial score (nSPS) is 18.1. The van der Waals surface area contributed by atoms with Gasteiger partial charge in [0, 0.05) is 18.0 Å². The molecule has 1 aromatic carbocycles. The number of carbonyl (C=O) groups is 4. The number of benzene rings is 1. The number of hydrogen-bond donors (Lipinski definition) is 3. The average Bonchev–Trinajstić information content (AvgIpc) is 2.76. The molecule has 1 fully saturated rings. The Morgan fingerprint density at radius 2 is 1.91 bits per heavy atom. The van der Waals surface area contributed by atoms with Gasteiger partial charge in [-0.25, -0.2) is 9.18 Å². The van der Waals surface area contributed by atoms with E-state index in [1.807, 2.05) is 5.32 Å². The molecule has 2 atom stereocenters. The highest BCUT2D eigenvalue weighted by Crippen LogP contribution is 2.08. The van der Waals surface area contributed by atoms with Gasteiger partial charge in [0.05, 0.1) is 6.42 Å². The molecule has 2 rings (SSSR count). The third-order valence-electron chi connectivity index (χ3n) is 3.31. The summed E-state index contributed by atoms with van der Waals surface area (Å²) in [7, 11) is 0. The van der Waals surface area contributed by atoms with E-state index in [1.54, 1.807) is 6.92 Å². The van der Waals surface area contributed by atoms with Gasteiger partial charge in [-0.3, -0.25) is 19.7 Å². The van der Waals surface area contributed by atoms with Crippen LogP contribution in [0.5, 0.6) is 0 Å². The minimum absolute atomic E-state index is 0.0423. The van der Waals surface area contributed by atoms with E-state index >= 15 is 0 Å². The van der Waals surface area contributed by atoms with Crippen molar-refractivity contribution in [3.8, 4) is 0 Å². The maximum absolute atomic E-state index is 12.8. The summed E-state index contributed by atoms with van der Waals surface area (Å²) >= 11 is 0. The number of nitrogens with one attached hydrogen (secondary N) is 3. The molecule has 0 aromatic heterocycles. The molecule has 1 aliphatic rings. The number of halogens is 1. The van der Waals surface area contributed by atoms with Crippen LogP contribution < -0.4 is 16.0 Å². The molecule has 23 heavy (non-hydrogen) atoms. The van der Waals surface area contributed by atoms with Gasteiger partial charge in [0.1, 0.15) is 11.9 Å². The minimum atomic E-state index is -0.900. The smallest absolute Gasteiger partial charge is 0.322 e. The first-order valence-corrected chi connectivity index (χ1v) is 7.04. The van der Waals surface area contributed by atoms with E-state index in [0.717, 1.165) is 0 Å². The van der Waals surface area contributed by atoms with Crippen LogP contribution in [0.25, 0.3) is 0 Å². The van der Waals surface area contributed by atoms with Gasteiger partial charge in [0.25, 0.3) is 5.91 Å². The summed E-state index contributed by atoms with van der Waals surface area (Å²) in [4.78, 5) is 46.1. The monoisotopic (exact) mass is 321 g/mol. The van der Waals surface area contributed by atoms with Crippen molar-refractivity contribution in [2.24, 2.45) is 0 Å². The van der Waals surface area contributed by atoms with E-state index in [0.29, 0.717) is 5.56 Å². The molecular weight excluding hydrogens is 305 g/mol. The SMILES string of the molecule is CC(CC(=O)c1ccc(F)cc1)NC(=O)C[C@@H]1NC(=O)NC1=O. The molecule has 8 heteroatoms. The van der Waals surface area contributed by atoms with Crippen molar-refractivity contribution in [2.75, 3.05) is 0 Å². The Labute approximate surface area is 131 Å². The number of carbonyl (C=O) groups excluding carboxylic acids is 4. The van der Waals surface area contributed by atoms with Gasteiger partial charge in [-0.15, -0.1) is 0 Å². The number of imide groups is 1. The lowest BCUT2D eigenvalue weighted by Crippen LogP contribution is -2.40. The zero-order valence-electron chi connectivity index (χ0n) is 12.4. The van der Waals surface area contributed by atoms with Crippen LogP contribution in [-0.4, -0.2) is 35.7 Å². The fourth-order valence-corrected chi connectivity index (χ4v) is 2.20. The number of rotatable bonds is 6. The largest absolute Gasteiger partial charge is 0.353 e. The summed E-state index contributed by atoms with van der Waals surface area (Å²) < 4.78 is 12.8. The molecule has 1 aromatic rings.